The zero-order valence-electron chi connectivity index (χ0n) is 12.1. The standard InChI is InChI=1S/C17H15FN2O2/c1-2-22-17(21)20-11-9-12-4-3-10-19-15(12)16(20)13-5-7-14(18)8-6-13/h3-11,16H,2H2,1H3. The molecule has 1 aliphatic heterocycles. The summed E-state index contributed by atoms with van der Waals surface area (Å²) in [5.41, 5.74) is 2.45. The van der Waals surface area contributed by atoms with Crippen LogP contribution in [0.25, 0.3) is 6.08 Å². The summed E-state index contributed by atoms with van der Waals surface area (Å²) in [5.74, 6) is -0.320. The molecule has 0 aliphatic carbocycles. The van der Waals surface area contributed by atoms with Gasteiger partial charge in [0.15, 0.2) is 0 Å². The van der Waals surface area contributed by atoms with E-state index < -0.39 is 12.1 Å². The SMILES string of the molecule is CCOC(=O)N1C=Cc2cccnc2C1c1ccc(F)cc1. The van der Waals surface area contributed by atoms with Crippen LogP contribution in [0, 0.1) is 5.82 Å². The zero-order valence-corrected chi connectivity index (χ0v) is 12.1. The molecule has 4 nitrogen and oxygen atoms in total. The maximum absolute atomic E-state index is 13.2. The van der Waals surface area contributed by atoms with E-state index >= 15 is 0 Å². The monoisotopic (exact) mass is 298 g/mol. The van der Waals surface area contributed by atoms with E-state index in [1.54, 1.807) is 31.5 Å². The second-order valence-electron chi connectivity index (χ2n) is 4.85. The minimum absolute atomic E-state index is 0.286. The Kier molecular flexibility index (Phi) is 3.87. The number of hydrogen-bond acceptors (Lipinski definition) is 3. The van der Waals surface area contributed by atoms with Crippen LogP contribution in [0.4, 0.5) is 9.18 Å². The molecule has 1 aromatic heterocycles. The Bertz CT molecular complexity index is 713. The number of halogens is 1. The number of amides is 1. The van der Waals surface area contributed by atoms with Crippen LogP contribution < -0.4 is 0 Å². The maximum atomic E-state index is 13.2. The fourth-order valence-electron chi connectivity index (χ4n) is 2.51. The lowest BCUT2D eigenvalue weighted by Gasteiger charge is -2.31. The molecule has 0 saturated carbocycles. The number of aromatic nitrogens is 1. The number of fused-ring (bicyclic) bond motifs is 1. The van der Waals surface area contributed by atoms with Gasteiger partial charge in [0.2, 0.25) is 0 Å². The van der Waals surface area contributed by atoms with E-state index in [-0.39, 0.29) is 12.4 Å². The van der Waals surface area contributed by atoms with Gasteiger partial charge >= 0.3 is 6.09 Å². The van der Waals surface area contributed by atoms with Gasteiger partial charge in [0.1, 0.15) is 11.9 Å². The molecule has 2 heterocycles. The molecule has 1 unspecified atom stereocenters. The molecule has 0 fully saturated rings. The molecule has 22 heavy (non-hydrogen) atoms. The average molecular weight is 298 g/mol. The molecule has 112 valence electrons. The lowest BCUT2D eigenvalue weighted by molar-refractivity contribution is 0.113. The summed E-state index contributed by atoms with van der Waals surface area (Å²) in [5, 5.41) is 0. The fourth-order valence-corrected chi connectivity index (χ4v) is 2.51. The third kappa shape index (κ3) is 2.57. The van der Waals surface area contributed by atoms with Crippen molar-refractivity contribution in [2.45, 2.75) is 13.0 Å². The molecular formula is C17H15FN2O2. The van der Waals surface area contributed by atoms with Crippen molar-refractivity contribution in [3.63, 3.8) is 0 Å². The Morgan fingerprint density at radius 2 is 2.09 bits per heavy atom. The maximum Gasteiger partial charge on any atom is 0.414 e. The summed E-state index contributed by atoms with van der Waals surface area (Å²) >= 11 is 0. The number of ether oxygens (including phenoxy) is 1. The molecular weight excluding hydrogens is 283 g/mol. The van der Waals surface area contributed by atoms with Crippen molar-refractivity contribution in [3.05, 3.63) is 71.4 Å². The molecule has 0 bridgehead atoms. The fraction of sp³-hybridized carbons (Fsp3) is 0.176. The summed E-state index contributed by atoms with van der Waals surface area (Å²) in [6.07, 6.45) is 4.72. The van der Waals surface area contributed by atoms with Crippen molar-refractivity contribution >= 4 is 12.2 Å². The van der Waals surface area contributed by atoms with Gasteiger partial charge in [-0.2, -0.15) is 0 Å². The van der Waals surface area contributed by atoms with Crippen molar-refractivity contribution in [2.75, 3.05) is 6.61 Å². The molecule has 0 saturated heterocycles. The first kappa shape index (κ1) is 14.3. The van der Waals surface area contributed by atoms with E-state index in [2.05, 4.69) is 4.98 Å². The van der Waals surface area contributed by atoms with Crippen molar-refractivity contribution < 1.29 is 13.9 Å². The van der Waals surface area contributed by atoms with E-state index in [1.165, 1.54) is 17.0 Å². The van der Waals surface area contributed by atoms with E-state index in [9.17, 15) is 9.18 Å². The average Bonchev–Trinajstić information content (AvgIpc) is 2.55. The molecule has 2 aromatic rings. The first-order chi connectivity index (χ1) is 10.7. The third-order valence-electron chi connectivity index (χ3n) is 3.49. The summed E-state index contributed by atoms with van der Waals surface area (Å²) in [6.45, 7) is 2.04. The highest BCUT2D eigenvalue weighted by Crippen LogP contribution is 2.34. The second-order valence-corrected chi connectivity index (χ2v) is 4.85. The summed E-state index contributed by atoms with van der Waals surface area (Å²) in [4.78, 5) is 18.1. The molecule has 0 spiro atoms. The van der Waals surface area contributed by atoms with Crippen LogP contribution in [0.3, 0.4) is 0 Å². The minimum atomic E-state index is -0.454. The van der Waals surface area contributed by atoms with Gasteiger partial charge in [-0.1, -0.05) is 18.2 Å². The topological polar surface area (TPSA) is 42.4 Å². The van der Waals surface area contributed by atoms with Crippen LogP contribution in [-0.2, 0) is 4.74 Å². The van der Waals surface area contributed by atoms with Crippen LogP contribution in [0.5, 0.6) is 0 Å². The quantitative estimate of drug-likeness (QED) is 0.848. The van der Waals surface area contributed by atoms with Crippen LogP contribution in [0.2, 0.25) is 0 Å². The van der Waals surface area contributed by atoms with E-state index in [1.807, 2.05) is 18.2 Å². The number of carbonyl (C=O) groups excluding carboxylic acids is 1. The van der Waals surface area contributed by atoms with Crippen LogP contribution >= 0.6 is 0 Å². The van der Waals surface area contributed by atoms with Crippen LogP contribution in [0.15, 0.2) is 48.8 Å². The van der Waals surface area contributed by atoms with Gasteiger partial charge in [-0.05, 0) is 42.3 Å². The van der Waals surface area contributed by atoms with E-state index in [0.29, 0.717) is 0 Å². The van der Waals surface area contributed by atoms with Gasteiger partial charge in [0, 0.05) is 12.4 Å². The number of benzene rings is 1. The van der Waals surface area contributed by atoms with Crippen molar-refractivity contribution in [3.8, 4) is 0 Å². The van der Waals surface area contributed by atoms with E-state index in [4.69, 9.17) is 4.74 Å². The molecule has 3 rings (SSSR count). The van der Waals surface area contributed by atoms with Crippen LogP contribution in [-0.4, -0.2) is 22.6 Å². The number of rotatable bonds is 2. The van der Waals surface area contributed by atoms with E-state index in [0.717, 1.165) is 16.8 Å². The molecule has 1 aromatic carbocycles. The number of nitrogens with zero attached hydrogens (tertiary/aromatic N) is 2. The number of pyridine rings is 1. The zero-order chi connectivity index (χ0) is 15.5. The largest absolute Gasteiger partial charge is 0.449 e. The highest BCUT2D eigenvalue weighted by Gasteiger charge is 2.31. The smallest absolute Gasteiger partial charge is 0.414 e. The Labute approximate surface area is 127 Å². The highest BCUT2D eigenvalue weighted by atomic mass is 19.1. The van der Waals surface area contributed by atoms with Gasteiger partial charge in [0.05, 0.1) is 12.3 Å². The first-order valence-corrected chi connectivity index (χ1v) is 7.04. The van der Waals surface area contributed by atoms with Gasteiger partial charge in [-0.3, -0.25) is 9.88 Å². The Morgan fingerprint density at radius 1 is 1.32 bits per heavy atom. The molecule has 1 aliphatic rings. The minimum Gasteiger partial charge on any atom is -0.449 e. The Morgan fingerprint density at radius 3 is 2.82 bits per heavy atom. The Balaban J connectivity index is 2.08. The van der Waals surface area contributed by atoms with Crippen molar-refractivity contribution in [2.24, 2.45) is 0 Å². The van der Waals surface area contributed by atoms with Gasteiger partial charge in [0.25, 0.3) is 0 Å². The lowest BCUT2D eigenvalue weighted by Crippen LogP contribution is -2.34. The first-order valence-electron chi connectivity index (χ1n) is 7.04. The summed E-state index contributed by atoms with van der Waals surface area (Å²) < 4.78 is 18.3. The van der Waals surface area contributed by atoms with Crippen LogP contribution in [0.1, 0.15) is 29.8 Å². The molecule has 0 radical (unpaired) electrons. The van der Waals surface area contributed by atoms with Crippen molar-refractivity contribution in [1.82, 2.24) is 9.88 Å². The highest BCUT2D eigenvalue weighted by molar-refractivity contribution is 5.74. The molecule has 1 atom stereocenters. The summed E-state index contributed by atoms with van der Waals surface area (Å²) in [7, 11) is 0. The Hall–Kier alpha value is -2.69. The van der Waals surface area contributed by atoms with Gasteiger partial charge in [-0.25, -0.2) is 9.18 Å². The molecule has 5 heteroatoms. The lowest BCUT2D eigenvalue weighted by atomic mass is 9.95. The summed E-state index contributed by atoms with van der Waals surface area (Å²) in [6, 6.07) is 9.40. The molecule has 1 amide bonds. The number of carbonyl (C=O) groups is 1. The second kappa shape index (κ2) is 5.97. The number of hydrogen-bond donors (Lipinski definition) is 0. The third-order valence-corrected chi connectivity index (χ3v) is 3.49. The predicted molar refractivity (Wildman–Crippen MR) is 80.4 cm³/mol. The molecule has 0 N–H and O–H groups in total. The van der Waals surface area contributed by atoms with Gasteiger partial charge < -0.3 is 4.74 Å². The predicted octanol–water partition coefficient (Wildman–Crippen LogP) is 3.75. The van der Waals surface area contributed by atoms with Crippen molar-refractivity contribution in [1.29, 1.82) is 0 Å². The van der Waals surface area contributed by atoms with Gasteiger partial charge in [-0.15, -0.1) is 0 Å². The normalized spacial score (nSPS) is 16.3.